The van der Waals surface area contributed by atoms with Crippen LogP contribution in [0, 0.1) is 0 Å². The highest BCUT2D eigenvalue weighted by Crippen LogP contribution is 2.49. The molecule has 1 aliphatic rings. The van der Waals surface area contributed by atoms with Crippen LogP contribution in [-0.2, 0) is 19.4 Å². The maximum absolute atomic E-state index is 13.9. The van der Waals surface area contributed by atoms with Crippen molar-refractivity contribution in [2.24, 2.45) is 0 Å². The minimum atomic E-state index is -3.89. The second-order valence-corrected chi connectivity index (χ2v) is 13.7. The lowest BCUT2D eigenvalue weighted by atomic mass is 9.97. The van der Waals surface area contributed by atoms with Gasteiger partial charge in [0.05, 0.1) is 12.2 Å². The number of carbonyl (C=O) groups excluding carboxylic acids is 2. The number of hydrogen-bond acceptors (Lipinski definition) is 5. The van der Waals surface area contributed by atoms with Crippen molar-refractivity contribution < 1.29 is 23.2 Å². The number of thiophene rings is 1. The quantitative estimate of drug-likeness (QED) is 0.242. The van der Waals surface area contributed by atoms with Gasteiger partial charge in [0.25, 0.3) is 0 Å². The lowest BCUT2D eigenvalue weighted by Crippen LogP contribution is -2.44. The fourth-order valence-corrected chi connectivity index (χ4v) is 9.40. The summed E-state index contributed by atoms with van der Waals surface area (Å²) >= 11 is 0. The van der Waals surface area contributed by atoms with Gasteiger partial charge in [0, 0.05) is 35.7 Å². The van der Waals surface area contributed by atoms with E-state index in [4.69, 9.17) is 0 Å². The lowest BCUT2D eigenvalue weighted by Gasteiger charge is -2.28. The van der Waals surface area contributed by atoms with Gasteiger partial charge in [0.2, 0.25) is 5.91 Å². The van der Waals surface area contributed by atoms with E-state index < -0.39 is 37.4 Å². The maximum Gasteiger partial charge on any atom is 0.317 e. The van der Waals surface area contributed by atoms with Crippen LogP contribution in [0.5, 0.6) is 0 Å². The number of nitrogens with zero attached hydrogens (tertiary/aromatic N) is 1. The van der Waals surface area contributed by atoms with Crippen LogP contribution in [0.4, 0.5) is 4.79 Å². The van der Waals surface area contributed by atoms with Crippen molar-refractivity contribution in [3.63, 3.8) is 0 Å². The molecule has 2 heterocycles. The number of carbonyl (C=O) groups is 2. The van der Waals surface area contributed by atoms with Crippen LogP contribution in [0.1, 0.15) is 31.6 Å². The monoisotopic (exact) mass is 542 g/mol. The highest BCUT2D eigenvalue weighted by Gasteiger charge is 2.54. The molecule has 37 heavy (non-hydrogen) atoms. The molecule has 196 valence electrons. The van der Waals surface area contributed by atoms with Crippen molar-refractivity contribution in [3.05, 3.63) is 77.0 Å². The Balaban J connectivity index is 1.75. The topological polar surface area (TPSA) is 116 Å². The first-order chi connectivity index (χ1) is 17.7. The minimum absolute atomic E-state index is 0.0314. The van der Waals surface area contributed by atoms with E-state index in [-0.39, 0.29) is 37.3 Å². The van der Waals surface area contributed by atoms with E-state index in [0.29, 0.717) is 4.88 Å². The molecule has 2 aromatic carbocycles. The smallest absolute Gasteiger partial charge is 0.317 e. The van der Waals surface area contributed by atoms with E-state index in [0.717, 1.165) is 16.0 Å². The summed E-state index contributed by atoms with van der Waals surface area (Å²) in [7, 11) is -4.61. The van der Waals surface area contributed by atoms with E-state index in [9.17, 15) is 23.2 Å². The Bertz CT molecular complexity index is 1350. The molecule has 0 saturated carbocycles. The van der Waals surface area contributed by atoms with Gasteiger partial charge in [-0.1, -0.05) is 30.3 Å². The van der Waals surface area contributed by atoms with Gasteiger partial charge in [-0.2, -0.15) is 0 Å². The van der Waals surface area contributed by atoms with Gasteiger partial charge >= 0.3 is 6.03 Å². The van der Waals surface area contributed by atoms with Crippen LogP contribution < -0.4 is 10.8 Å². The molecule has 0 bridgehead atoms. The van der Waals surface area contributed by atoms with E-state index in [1.807, 2.05) is 79.9 Å². The number of benzene rings is 2. The molecule has 3 aromatic rings. The van der Waals surface area contributed by atoms with Crippen molar-refractivity contribution in [1.29, 1.82) is 0 Å². The predicted octanol–water partition coefficient (Wildman–Crippen LogP) is 4.42. The number of amides is 3. The van der Waals surface area contributed by atoms with E-state index in [1.165, 1.54) is 4.90 Å². The van der Waals surface area contributed by atoms with E-state index in [2.05, 4.69) is 5.32 Å². The average molecular weight is 543 g/mol. The first kappa shape index (κ1) is 26.8. The molecule has 0 spiro atoms. The SMILES string of the molecule is CC(C)NC(=O)N1CCC(CC(=O)NO)(c2ccc[s+]2-c2ccc(-c3ccccc3)cc2)S(=O)(=O)CC1. The van der Waals surface area contributed by atoms with E-state index in [1.54, 1.807) is 11.5 Å². The fraction of sp³-hybridized carbons (Fsp3) is 0.333. The fourth-order valence-electron chi connectivity index (χ4n) is 4.74. The van der Waals surface area contributed by atoms with Crippen LogP contribution in [0.3, 0.4) is 0 Å². The summed E-state index contributed by atoms with van der Waals surface area (Å²) in [4.78, 5) is 28.2. The Labute approximate surface area is 220 Å². The summed E-state index contributed by atoms with van der Waals surface area (Å²) in [6.07, 6.45) is -0.377. The van der Waals surface area contributed by atoms with Crippen LogP contribution in [0.25, 0.3) is 16.0 Å². The first-order valence-electron chi connectivity index (χ1n) is 12.1. The molecule has 4 rings (SSSR count). The summed E-state index contributed by atoms with van der Waals surface area (Å²) in [5.74, 6) is -1.06. The second kappa shape index (κ2) is 11.0. The maximum atomic E-state index is 13.9. The third kappa shape index (κ3) is 5.56. The molecule has 10 heteroatoms. The van der Waals surface area contributed by atoms with Gasteiger partial charge in [-0.05, 0) is 61.7 Å². The normalized spacial score (nSPS) is 19.8. The van der Waals surface area contributed by atoms with Gasteiger partial charge in [0.1, 0.15) is 5.38 Å². The molecule has 1 fully saturated rings. The van der Waals surface area contributed by atoms with Crippen molar-refractivity contribution in [1.82, 2.24) is 15.7 Å². The zero-order chi connectivity index (χ0) is 26.6. The van der Waals surface area contributed by atoms with E-state index >= 15 is 0 Å². The van der Waals surface area contributed by atoms with Crippen LogP contribution >= 0.6 is 10.5 Å². The highest BCUT2D eigenvalue weighted by atomic mass is 32.2. The highest BCUT2D eigenvalue weighted by molar-refractivity contribution is 7.92. The summed E-state index contributed by atoms with van der Waals surface area (Å²) in [5, 5.41) is 14.1. The molecule has 2 unspecified atom stereocenters. The number of hydroxylamine groups is 1. The standard InChI is InChI=1S/C27H31N3O5S2/c1-20(2)28-26(32)30-15-14-27(19-25(31)29-33,37(34,35)18-16-30)24-9-6-17-36(24)23-12-10-22(11-13-23)21-7-4-3-5-8-21/h3-13,17,20H,14-16,18-19H2,1-2H3,(H2-,28,29,31,32,33)/p+1. The Hall–Kier alpha value is -3.21. The molecule has 3 amide bonds. The zero-order valence-corrected chi connectivity index (χ0v) is 22.5. The molecule has 0 radical (unpaired) electrons. The van der Waals surface area contributed by atoms with Crippen LogP contribution in [0.15, 0.2) is 72.1 Å². The number of sulfone groups is 1. The first-order valence-corrected chi connectivity index (χ1v) is 15.1. The Morgan fingerprint density at radius 3 is 2.32 bits per heavy atom. The number of rotatable bonds is 6. The molecule has 1 aliphatic heterocycles. The summed E-state index contributed by atoms with van der Waals surface area (Å²) in [5.41, 5.74) is 3.75. The van der Waals surface area contributed by atoms with Crippen LogP contribution in [0.2, 0.25) is 0 Å². The van der Waals surface area contributed by atoms with Crippen molar-refractivity contribution in [2.75, 3.05) is 18.8 Å². The molecular weight excluding hydrogens is 510 g/mol. The summed E-state index contributed by atoms with van der Waals surface area (Å²) in [6, 6.07) is 21.1. The van der Waals surface area contributed by atoms with Crippen molar-refractivity contribution in [2.45, 2.75) is 37.5 Å². The molecule has 0 aliphatic carbocycles. The zero-order valence-electron chi connectivity index (χ0n) is 20.9. The number of hydrogen-bond donors (Lipinski definition) is 3. The van der Waals surface area contributed by atoms with Crippen LogP contribution in [-0.4, -0.2) is 55.3 Å². The number of nitrogens with one attached hydrogen (secondary N) is 2. The largest absolute Gasteiger partial charge is 0.336 e. The van der Waals surface area contributed by atoms with Gasteiger partial charge < -0.3 is 10.2 Å². The third-order valence-corrected chi connectivity index (χ3v) is 11.5. The molecule has 8 nitrogen and oxygen atoms in total. The average Bonchev–Trinajstić information content (AvgIpc) is 3.33. The molecule has 1 saturated heterocycles. The van der Waals surface area contributed by atoms with Crippen molar-refractivity contribution in [3.8, 4) is 16.0 Å². The molecule has 2 atom stereocenters. The van der Waals surface area contributed by atoms with Gasteiger partial charge in [-0.25, -0.2) is 18.7 Å². The molecule has 1 aromatic heterocycles. The third-order valence-electron chi connectivity index (χ3n) is 6.64. The summed E-state index contributed by atoms with van der Waals surface area (Å²) < 4.78 is 26.2. The lowest BCUT2D eigenvalue weighted by molar-refractivity contribution is -0.129. The van der Waals surface area contributed by atoms with Gasteiger partial charge in [-0.3, -0.25) is 10.0 Å². The van der Waals surface area contributed by atoms with Gasteiger partial charge in [-0.15, -0.1) is 0 Å². The summed E-state index contributed by atoms with van der Waals surface area (Å²) in [6.45, 7) is 3.87. The second-order valence-electron chi connectivity index (χ2n) is 9.45. The van der Waals surface area contributed by atoms with Gasteiger partial charge in [0.15, 0.2) is 24.4 Å². The Morgan fingerprint density at radius 1 is 1.00 bits per heavy atom. The molecular formula is C27H32N3O5S2+. The van der Waals surface area contributed by atoms with Crippen molar-refractivity contribution >= 4 is 32.2 Å². The minimum Gasteiger partial charge on any atom is -0.336 e. The Kier molecular flexibility index (Phi) is 8.01. The molecule has 3 N–H and O–H groups in total. The number of urea groups is 1. The Morgan fingerprint density at radius 2 is 1.68 bits per heavy atom. The predicted molar refractivity (Wildman–Crippen MR) is 146 cm³/mol.